The van der Waals surface area contributed by atoms with Crippen LogP contribution in [0, 0.1) is 0 Å². The fraction of sp³-hybridized carbons (Fsp3) is 0.787. The second-order valence-corrected chi connectivity index (χ2v) is 20.7. The van der Waals surface area contributed by atoms with E-state index in [1.54, 1.807) is 6.08 Å². The number of aliphatic hydroxyl groups excluding tert-OH is 8. The quantitative estimate of drug-likeness (QED) is 0.0205. The molecular formula is C61H107NO13. The monoisotopic (exact) mass is 1060 g/mol. The van der Waals surface area contributed by atoms with Crippen molar-refractivity contribution in [1.29, 1.82) is 0 Å². The summed E-state index contributed by atoms with van der Waals surface area (Å²) in [6.45, 7) is 2.72. The van der Waals surface area contributed by atoms with Crippen molar-refractivity contribution in [2.45, 2.75) is 286 Å². The molecule has 2 aliphatic heterocycles. The van der Waals surface area contributed by atoms with Gasteiger partial charge in [-0.05, 0) is 83.5 Å². The van der Waals surface area contributed by atoms with Crippen molar-refractivity contribution in [2.75, 3.05) is 19.8 Å². The lowest BCUT2D eigenvalue weighted by molar-refractivity contribution is -0.359. The van der Waals surface area contributed by atoms with E-state index in [-0.39, 0.29) is 18.9 Å². The average Bonchev–Trinajstić information content (AvgIpc) is 3.41. The molecule has 0 spiro atoms. The average molecular weight is 1060 g/mol. The van der Waals surface area contributed by atoms with E-state index in [0.717, 1.165) is 64.2 Å². The molecule has 0 aromatic heterocycles. The molecule has 2 rings (SSSR count). The molecule has 14 nitrogen and oxygen atoms in total. The van der Waals surface area contributed by atoms with Crippen LogP contribution < -0.4 is 5.32 Å². The van der Waals surface area contributed by atoms with Gasteiger partial charge in [0, 0.05) is 6.42 Å². The van der Waals surface area contributed by atoms with Gasteiger partial charge in [0.25, 0.3) is 0 Å². The first kappa shape index (κ1) is 68.5. The maximum atomic E-state index is 13.2. The van der Waals surface area contributed by atoms with Gasteiger partial charge in [-0.25, -0.2) is 0 Å². The third-order valence-electron chi connectivity index (χ3n) is 14.1. The van der Waals surface area contributed by atoms with Crippen molar-refractivity contribution in [1.82, 2.24) is 5.32 Å². The summed E-state index contributed by atoms with van der Waals surface area (Å²) >= 11 is 0. The molecule has 0 aromatic rings. The molecule has 0 radical (unpaired) electrons. The van der Waals surface area contributed by atoms with Crippen molar-refractivity contribution < 1.29 is 64.6 Å². The molecule has 434 valence electrons. The lowest BCUT2D eigenvalue weighted by atomic mass is 9.97. The van der Waals surface area contributed by atoms with E-state index in [4.69, 9.17) is 18.9 Å². The molecule has 9 N–H and O–H groups in total. The summed E-state index contributed by atoms with van der Waals surface area (Å²) < 4.78 is 22.7. The van der Waals surface area contributed by atoms with Gasteiger partial charge in [-0.15, -0.1) is 0 Å². The first-order valence-corrected chi connectivity index (χ1v) is 29.7. The van der Waals surface area contributed by atoms with Crippen LogP contribution in [0.1, 0.15) is 213 Å². The number of nitrogens with one attached hydrogen (secondary N) is 1. The molecule has 12 atom stereocenters. The van der Waals surface area contributed by atoms with Crippen molar-refractivity contribution >= 4 is 5.91 Å². The molecule has 0 aromatic carbocycles. The molecular weight excluding hydrogens is 955 g/mol. The van der Waals surface area contributed by atoms with Gasteiger partial charge >= 0.3 is 0 Å². The summed E-state index contributed by atoms with van der Waals surface area (Å²) in [5.41, 5.74) is 0. The van der Waals surface area contributed by atoms with E-state index in [2.05, 4.69) is 79.9 Å². The number of allylic oxidation sites excluding steroid dienone is 11. The minimum Gasteiger partial charge on any atom is -0.394 e. The van der Waals surface area contributed by atoms with Crippen LogP contribution in [0.4, 0.5) is 0 Å². The fourth-order valence-electron chi connectivity index (χ4n) is 9.27. The second kappa shape index (κ2) is 46.4. The molecule has 0 saturated carbocycles. The Labute approximate surface area is 453 Å². The molecule has 0 aliphatic carbocycles. The number of ether oxygens (including phenoxy) is 4. The Morgan fingerprint density at radius 1 is 0.480 bits per heavy atom. The highest BCUT2D eigenvalue weighted by atomic mass is 16.7. The largest absolute Gasteiger partial charge is 0.394 e. The molecule has 14 heteroatoms. The van der Waals surface area contributed by atoms with Crippen molar-refractivity contribution in [3.8, 4) is 0 Å². The zero-order valence-electron chi connectivity index (χ0n) is 46.5. The van der Waals surface area contributed by atoms with Gasteiger partial charge in [-0.1, -0.05) is 196 Å². The molecule has 75 heavy (non-hydrogen) atoms. The molecule has 2 aliphatic rings. The summed E-state index contributed by atoms with van der Waals surface area (Å²) in [6, 6.07) is -0.941. The lowest BCUT2D eigenvalue weighted by Crippen LogP contribution is -2.65. The molecule has 12 unspecified atom stereocenters. The first-order valence-electron chi connectivity index (χ1n) is 29.7. The van der Waals surface area contributed by atoms with E-state index in [1.807, 2.05) is 6.08 Å². The summed E-state index contributed by atoms with van der Waals surface area (Å²) in [7, 11) is 0. The fourth-order valence-corrected chi connectivity index (χ4v) is 9.27. The second-order valence-electron chi connectivity index (χ2n) is 20.7. The van der Waals surface area contributed by atoms with Crippen LogP contribution in [-0.2, 0) is 23.7 Å². The number of hydrogen-bond donors (Lipinski definition) is 9. The smallest absolute Gasteiger partial charge is 0.220 e. The Balaban J connectivity index is 1.74. The Bertz CT molecular complexity index is 1530. The van der Waals surface area contributed by atoms with E-state index in [9.17, 15) is 45.6 Å². The minimum atomic E-state index is -1.79. The lowest BCUT2D eigenvalue weighted by Gasteiger charge is -2.46. The van der Waals surface area contributed by atoms with Crippen LogP contribution in [0.2, 0.25) is 0 Å². The van der Waals surface area contributed by atoms with Gasteiger partial charge < -0.3 is 65.1 Å². The third kappa shape index (κ3) is 32.2. The third-order valence-corrected chi connectivity index (χ3v) is 14.1. The summed E-state index contributed by atoms with van der Waals surface area (Å²) in [5, 5.41) is 87.0. The zero-order valence-corrected chi connectivity index (χ0v) is 46.5. The van der Waals surface area contributed by atoms with E-state index >= 15 is 0 Å². The molecule has 2 saturated heterocycles. The highest BCUT2D eigenvalue weighted by Gasteiger charge is 2.51. The highest BCUT2D eigenvalue weighted by molar-refractivity contribution is 5.76. The van der Waals surface area contributed by atoms with Crippen LogP contribution in [0.25, 0.3) is 0 Å². The SMILES string of the molecule is CCCCCC/C=C/CC/C=C/CC/C=C/C(O)C(COC1OC(CO)C(OC2OC(CO)C(O)C(O)C2O)C(O)C1O)NC(=O)CCCCCCCCCCCCCC/C=C\C/C=C\C/C=C\CCCCCCC. The number of carbonyl (C=O) groups is 1. The van der Waals surface area contributed by atoms with Gasteiger partial charge in [-0.2, -0.15) is 0 Å². The predicted molar refractivity (Wildman–Crippen MR) is 300 cm³/mol. The maximum Gasteiger partial charge on any atom is 0.220 e. The molecule has 2 heterocycles. The topological polar surface area (TPSA) is 228 Å². The minimum absolute atomic E-state index is 0.258. The Morgan fingerprint density at radius 3 is 1.41 bits per heavy atom. The van der Waals surface area contributed by atoms with Crippen LogP contribution in [0.5, 0.6) is 0 Å². The normalized spacial score (nSPS) is 25.6. The number of carbonyl (C=O) groups excluding carboxylic acids is 1. The highest BCUT2D eigenvalue weighted by Crippen LogP contribution is 2.30. The Hall–Kier alpha value is -2.57. The molecule has 2 fully saturated rings. The molecule has 0 bridgehead atoms. The number of hydrogen-bond acceptors (Lipinski definition) is 13. The van der Waals surface area contributed by atoms with Crippen molar-refractivity contribution in [2.24, 2.45) is 0 Å². The Morgan fingerprint density at radius 2 is 0.893 bits per heavy atom. The zero-order chi connectivity index (χ0) is 54.6. The van der Waals surface area contributed by atoms with Crippen molar-refractivity contribution in [3.63, 3.8) is 0 Å². The van der Waals surface area contributed by atoms with E-state index in [1.165, 1.54) is 116 Å². The number of unbranched alkanes of at least 4 members (excludes halogenated alkanes) is 23. The number of rotatable bonds is 46. The molecule has 1 amide bonds. The van der Waals surface area contributed by atoms with Gasteiger partial charge in [0.05, 0.1) is 32.0 Å². The summed E-state index contributed by atoms with van der Waals surface area (Å²) in [5.74, 6) is -0.258. The van der Waals surface area contributed by atoms with Gasteiger partial charge in [0.15, 0.2) is 12.6 Å². The standard InChI is InChI=1S/C61H107NO13/c1-3-5-7-9-11-13-15-17-19-20-21-22-23-24-25-26-27-28-29-30-31-33-35-37-39-41-43-45-53(66)62-49(50(65)44-42-40-38-36-34-32-18-16-14-12-10-8-6-4-2)48-72-60-58(71)56(69)59(52(47-64)74-60)75-61-57(70)55(68)54(67)51(46-63)73-61/h14-17,20-21,23-24,34,36,42,44,49-52,54-61,63-65,67-71H,3-13,18-19,22,25-33,35,37-41,43,45-48H2,1-2H3,(H,62,66)/b16-14+,17-15-,21-20-,24-23-,36-34+,44-42+. The number of aliphatic hydroxyl groups is 8. The van der Waals surface area contributed by atoms with Gasteiger partial charge in [0.2, 0.25) is 5.91 Å². The maximum absolute atomic E-state index is 13.2. The predicted octanol–water partition coefficient (Wildman–Crippen LogP) is 9.94. The Kier molecular flexibility index (Phi) is 42.4. The first-order chi connectivity index (χ1) is 36.6. The van der Waals surface area contributed by atoms with E-state index in [0.29, 0.717) is 12.8 Å². The van der Waals surface area contributed by atoms with Crippen LogP contribution in [0.3, 0.4) is 0 Å². The summed E-state index contributed by atoms with van der Waals surface area (Å²) in [6.07, 6.45) is 43.7. The van der Waals surface area contributed by atoms with Crippen LogP contribution in [-0.4, -0.2) is 140 Å². The number of amides is 1. The van der Waals surface area contributed by atoms with Gasteiger partial charge in [-0.3, -0.25) is 4.79 Å². The summed E-state index contributed by atoms with van der Waals surface area (Å²) in [4.78, 5) is 13.2. The van der Waals surface area contributed by atoms with Crippen molar-refractivity contribution in [3.05, 3.63) is 72.9 Å². The van der Waals surface area contributed by atoms with Crippen LogP contribution in [0.15, 0.2) is 72.9 Å². The van der Waals surface area contributed by atoms with Gasteiger partial charge in [0.1, 0.15) is 48.8 Å². The van der Waals surface area contributed by atoms with Crippen LogP contribution >= 0.6 is 0 Å². The van der Waals surface area contributed by atoms with E-state index < -0.39 is 86.8 Å².